The van der Waals surface area contributed by atoms with Crippen molar-refractivity contribution >= 4 is 5.97 Å². The van der Waals surface area contributed by atoms with E-state index in [1.165, 1.54) is 0 Å². The molecule has 0 amide bonds. The summed E-state index contributed by atoms with van der Waals surface area (Å²) in [5.41, 5.74) is 0. The third-order valence-electron chi connectivity index (χ3n) is 2.61. The Morgan fingerprint density at radius 2 is 2.21 bits per heavy atom. The van der Waals surface area contributed by atoms with Gasteiger partial charge in [0.25, 0.3) is 0 Å². The molecule has 14 heavy (non-hydrogen) atoms. The van der Waals surface area contributed by atoms with Crippen molar-refractivity contribution in [1.82, 2.24) is 5.32 Å². The van der Waals surface area contributed by atoms with Crippen molar-refractivity contribution in [3.63, 3.8) is 0 Å². The second kappa shape index (κ2) is 5.32. The first-order chi connectivity index (χ1) is 6.65. The summed E-state index contributed by atoms with van der Waals surface area (Å²) in [4.78, 5) is 10.7. The van der Waals surface area contributed by atoms with Gasteiger partial charge in [0, 0.05) is 6.54 Å². The lowest BCUT2D eigenvalue weighted by Crippen LogP contribution is -2.41. The van der Waals surface area contributed by atoms with Crippen LogP contribution < -0.4 is 5.32 Å². The third kappa shape index (κ3) is 3.64. The standard InChI is InChI=1S/C10H19NO3/c1-2-3-8(10(13)14)11-6-9(12)7-4-5-7/h7-9,11-12H,2-6H2,1H3,(H,13,14). The van der Waals surface area contributed by atoms with Gasteiger partial charge in [-0.25, -0.2) is 0 Å². The lowest BCUT2D eigenvalue weighted by atomic mass is 10.1. The maximum absolute atomic E-state index is 10.7. The van der Waals surface area contributed by atoms with Gasteiger partial charge in [0.2, 0.25) is 0 Å². The van der Waals surface area contributed by atoms with Crippen LogP contribution in [-0.4, -0.2) is 34.9 Å². The van der Waals surface area contributed by atoms with Crippen LogP contribution in [0.15, 0.2) is 0 Å². The first-order valence-electron chi connectivity index (χ1n) is 5.29. The van der Waals surface area contributed by atoms with Crippen LogP contribution in [0.5, 0.6) is 0 Å². The first kappa shape index (κ1) is 11.5. The molecule has 0 aliphatic heterocycles. The van der Waals surface area contributed by atoms with Gasteiger partial charge in [-0.1, -0.05) is 13.3 Å². The minimum absolute atomic E-state index is 0.367. The van der Waals surface area contributed by atoms with E-state index in [1.54, 1.807) is 0 Å². The second-order valence-electron chi connectivity index (χ2n) is 3.99. The summed E-state index contributed by atoms with van der Waals surface area (Å²) < 4.78 is 0. The van der Waals surface area contributed by atoms with Gasteiger partial charge in [0.1, 0.15) is 6.04 Å². The molecule has 1 aliphatic rings. The van der Waals surface area contributed by atoms with Crippen LogP contribution in [0.1, 0.15) is 32.6 Å². The third-order valence-corrected chi connectivity index (χ3v) is 2.61. The molecule has 82 valence electrons. The highest BCUT2D eigenvalue weighted by Crippen LogP contribution is 2.32. The fourth-order valence-corrected chi connectivity index (χ4v) is 1.51. The van der Waals surface area contributed by atoms with Crippen molar-refractivity contribution in [3.8, 4) is 0 Å². The van der Waals surface area contributed by atoms with Crippen LogP contribution in [0.25, 0.3) is 0 Å². The minimum Gasteiger partial charge on any atom is -0.480 e. The molecule has 0 heterocycles. The van der Waals surface area contributed by atoms with Gasteiger partial charge in [-0.15, -0.1) is 0 Å². The zero-order valence-corrected chi connectivity index (χ0v) is 8.57. The molecule has 3 N–H and O–H groups in total. The quantitative estimate of drug-likeness (QED) is 0.564. The number of carboxylic acid groups (broad SMARTS) is 1. The summed E-state index contributed by atoms with van der Waals surface area (Å²) in [5, 5.41) is 21.3. The highest BCUT2D eigenvalue weighted by Gasteiger charge is 2.30. The molecular formula is C10H19NO3. The molecule has 4 heteroatoms. The van der Waals surface area contributed by atoms with Crippen molar-refractivity contribution in [1.29, 1.82) is 0 Å². The van der Waals surface area contributed by atoms with Crippen molar-refractivity contribution in [2.24, 2.45) is 5.92 Å². The number of rotatable bonds is 7. The zero-order chi connectivity index (χ0) is 10.6. The summed E-state index contributed by atoms with van der Waals surface area (Å²) >= 11 is 0. The number of hydrogen-bond acceptors (Lipinski definition) is 3. The molecule has 0 spiro atoms. The summed E-state index contributed by atoms with van der Waals surface area (Å²) in [6.07, 6.45) is 3.24. The normalized spacial score (nSPS) is 20.4. The average Bonchev–Trinajstić information content (AvgIpc) is 2.94. The van der Waals surface area contributed by atoms with Crippen LogP contribution in [0.4, 0.5) is 0 Å². The van der Waals surface area contributed by atoms with E-state index in [9.17, 15) is 9.90 Å². The van der Waals surface area contributed by atoms with Gasteiger partial charge in [-0.05, 0) is 25.2 Å². The number of carbonyl (C=O) groups is 1. The van der Waals surface area contributed by atoms with Gasteiger partial charge >= 0.3 is 5.97 Å². The van der Waals surface area contributed by atoms with Crippen LogP contribution in [0.3, 0.4) is 0 Å². The Morgan fingerprint density at radius 3 is 2.64 bits per heavy atom. The van der Waals surface area contributed by atoms with E-state index in [4.69, 9.17) is 5.11 Å². The van der Waals surface area contributed by atoms with Gasteiger partial charge in [0.05, 0.1) is 6.10 Å². The Kier molecular flexibility index (Phi) is 4.35. The summed E-state index contributed by atoms with van der Waals surface area (Å²) in [6.45, 7) is 2.36. The van der Waals surface area contributed by atoms with Gasteiger partial charge in [0.15, 0.2) is 0 Å². The lowest BCUT2D eigenvalue weighted by Gasteiger charge is -2.16. The predicted molar refractivity (Wildman–Crippen MR) is 53.1 cm³/mol. The maximum Gasteiger partial charge on any atom is 0.320 e. The second-order valence-corrected chi connectivity index (χ2v) is 3.99. The number of aliphatic hydroxyl groups is 1. The van der Waals surface area contributed by atoms with Gasteiger partial charge in [-0.2, -0.15) is 0 Å². The fraction of sp³-hybridized carbons (Fsp3) is 0.900. The minimum atomic E-state index is -0.824. The molecule has 4 nitrogen and oxygen atoms in total. The highest BCUT2D eigenvalue weighted by atomic mass is 16.4. The van der Waals surface area contributed by atoms with E-state index >= 15 is 0 Å². The zero-order valence-electron chi connectivity index (χ0n) is 8.57. The topological polar surface area (TPSA) is 69.6 Å². The molecule has 2 atom stereocenters. The summed E-state index contributed by atoms with van der Waals surface area (Å²) in [7, 11) is 0. The molecular weight excluding hydrogens is 182 g/mol. The van der Waals surface area contributed by atoms with Crippen LogP contribution in [0, 0.1) is 5.92 Å². The van der Waals surface area contributed by atoms with Crippen molar-refractivity contribution in [2.75, 3.05) is 6.54 Å². The molecule has 1 saturated carbocycles. The average molecular weight is 201 g/mol. The predicted octanol–water partition coefficient (Wildman–Crippen LogP) is 0.600. The fourth-order valence-electron chi connectivity index (χ4n) is 1.51. The maximum atomic E-state index is 10.7. The molecule has 1 aliphatic carbocycles. The van der Waals surface area contributed by atoms with Crippen LogP contribution in [-0.2, 0) is 4.79 Å². The first-order valence-corrected chi connectivity index (χ1v) is 5.29. The SMILES string of the molecule is CCCC(NCC(O)C1CC1)C(=O)O. The molecule has 0 radical (unpaired) electrons. The van der Waals surface area contributed by atoms with Crippen LogP contribution >= 0.6 is 0 Å². The van der Waals surface area contributed by atoms with Gasteiger partial charge < -0.3 is 15.5 Å². The molecule has 0 aromatic carbocycles. The molecule has 0 bridgehead atoms. The van der Waals surface area contributed by atoms with Gasteiger partial charge in [-0.3, -0.25) is 4.79 Å². The van der Waals surface area contributed by atoms with E-state index in [0.717, 1.165) is 19.3 Å². The van der Waals surface area contributed by atoms with E-state index < -0.39 is 12.0 Å². The molecule has 0 aromatic rings. The molecule has 0 saturated heterocycles. The van der Waals surface area contributed by atoms with Crippen molar-refractivity contribution in [3.05, 3.63) is 0 Å². The molecule has 1 rings (SSSR count). The molecule has 2 unspecified atom stereocenters. The Morgan fingerprint density at radius 1 is 1.57 bits per heavy atom. The number of carboxylic acids is 1. The van der Waals surface area contributed by atoms with E-state index in [1.807, 2.05) is 6.92 Å². The number of aliphatic carboxylic acids is 1. The Bertz CT molecular complexity index is 192. The largest absolute Gasteiger partial charge is 0.480 e. The smallest absolute Gasteiger partial charge is 0.320 e. The van der Waals surface area contributed by atoms with E-state index in [0.29, 0.717) is 18.9 Å². The molecule has 0 aromatic heterocycles. The monoisotopic (exact) mass is 201 g/mol. The van der Waals surface area contributed by atoms with E-state index in [-0.39, 0.29) is 6.10 Å². The highest BCUT2D eigenvalue weighted by molar-refractivity contribution is 5.73. The summed E-state index contributed by atoms with van der Waals surface area (Å²) in [5.74, 6) is -0.423. The van der Waals surface area contributed by atoms with Crippen molar-refractivity contribution < 1.29 is 15.0 Å². The Balaban J connectivity index is 2.20. The number of aliphatic hydroxyl groups excluding tert-OH is 1. The Hall–Kier alpha value is -0.610. The number of hydrogen-bond donors (Lipinski definition) is 3. The number of nitrogens with one attached hydrogen (secondary N) is 1. The Labute approximate surface area is 84.3 Å². The van der Waals surface area contributed by atoms with Crippen LogP contribution in [0.2, 0.25) is 0 Å². The molecule has 1 fully saturated rings. The summed E-state index contributed by atoms with van der Waals surface area (Å²) in [6, 6.07) is -0.506. The lowest BCUT2D eigenvalue weighted by molar-refractivity contribution is -0.139. The van der Waals surface area contributed by atoms with Crippen molar-refractivity contribution in [2.45, 2.75) is 44.8 Å². The van der Waals surface area contributed by atoms with E-state index in [2.05, 4.69) is 5.32 Å².